The van der Waals surface area contributed by atoms with Crippen LogP contribution in [0, 0.1) is 0 Å². The molecule has 0 aromatic carbocycles. The molecule has 0 aliphatic carbocycles. The van der Waals surface area contributed by atoms with Crippen molar-refractivity contribution in [2.45, 2.75) is 19.8 Å². The molecule has 68 valence electrons. The summed E-state index contributed by atoms with van der Waals surface area (Å²) in [6.07, 6.45) is 2.20. The van der Waals surface area contributed by atoms with Gasteiger partial charge in [0.05, 0.1) is 6.61 Å². The van der Waals surface area contributed by atoms with Crippen LogP contribution in [0.25, 0.3) is 0 Å². The van der Waals surface area contributed by atoms with Crippen LogP contribution in [0.4, 0.5) is 0 Å². The lowest BCUT2D eigenvalue weighted by Crippen LogP contribution is -2.02. The van der Waals surface area contributed by atoms with E-state index in [1.54, 1.807) is 6.92 Å². The second-order valence-electron chi connectivity index (χ2n) is 2.03. The number of esters is 1. The Balaban J connectivity index is 3.43. The molecule has 1 atom stereocenters. The van der Waals surface area contributed by atoms with Crippen molar-refractivity contribution < 1.29 is 19.0 Å². The number of carbonyl (C=O) groups is 1. The van der Waals surface area contributed by atoms with Gasteiger partial charge in [0.25, 0.3) is 0 Å². The summed E-state index contributed by atoms with van der Waals surface area (Å²) in [5, 5.41) is 0. The van der Waals surface area contributed by atoms with Crippen LogP contribution in [0.2, 0.25) is 0 Å². The summed E-state index contributed by atoms with van der Waals surface area (Å²) in [6, 6.07) is 0. The molecule has 0 bridgehead atoms. The molecule has 0 aromatic heterocycles. The second-order valence-corrected chi connectivity index (χ2v) is 2.93. The van der Waals surface area contributed by atoms with Crippen molar-refractivity contribution in [2.24, 2.45) is 0 Å². The number of ether oxygens (including phenoxy) is 1. The molecule has 1 unspecified atom stereocenters. The Morgan fingerprint density at radius 3 is 2.83 bits per heavy atom. The Morgan fingerprint density at radius 2 is 2.33 bits per heavy atom. The maximum atomic E-state index is 10.7. The van der Waals surface area contributed by atoms with Crippen molar-refractivity contribution in [3.8, 4) is 0 Å². The van der Waals surface area contributed by atoms with E-state index in [1.165, 1.54) is 6.08 Å². The van der Waals surface area contributed by atoms with E-state index in [0.29, 0.717) is 13.0 Å². The first-order chi connectivity index (χ1) is 5.66. The van der Waals surface area contributed by atoms with E-state index in [0.717, 1.165) is 5.82 Å². The van der Waals surface area contributed by atoms with Gasteiger partial charge in [-0.15, -0.1) is 0 Å². The van der Waals surface area contributed by atoms with E-state index in [2.05, 4.69) is 4.74 Å². The number of carbonyl (C=O) groups excluding carboxylic acids is 1. The summed E-state index contributed by atoms with van der Waals surface area (Å²) in [6.45, 7) is 2.11. The molecule has 0 radical (unpaired) electrons. The molecule has 0 saturated heterocycles. The number of hydrogen-bond acceptors (Lipinski definition) is 3. The van der Waals surface area contributed by atoms with Gasteiger partial charge in [0.1, 0.15) is 0 Å². The fourth-order valence-corrected chi connectivity index (χ4v) is 0.928. The van der Waals surface area contributed by atoms with E-state index in [1.807, 2.05) is 0 Å². The summed E-state index contributed by atoms with van der Waals surface area (Å²) >= 11 is 0. The Morgan fingerprint density at radius 1 is 1.67 bits per heavy atom. The first kappa shape index (κ1) is 11.3. The van der Waals surface area contributed by atoms with Crippen LogP contribution in [0.1, 0.15) is 19.8 Å². The van der Waals surface area contributed by atoms with E-state index < -0.39 is 8.03 Å². The summed E-state index contributed by atoms with van der Waals surface area (Å²) in [4.78, 5) is 19.0. The molecule has 0 fully saturated rings. The van der Waals surface area contributed by atoms with Gasteiger partial charge < -0.3 is 4.74 Å². The zero-order valence-electron chi connectivity index (χ0n) is 6.90. The predicted molar refractivity (Wildman–Crippen MR) is 44.8 cm³/mol. The Bertz CT molecular complexity index is 188. The van der Waals surface area contributed by atoms with Crippen LogP contribution in [0.15, 0.2) is 11.9 Å². The molecule has 0 rings (SSSR count). The lowest BCUT2D eigenvalue weighted by Gasteiger charge is -1.96. The number of rotatable bonds is 5. The third-order valence-corrected chi connectivity index (χ3v) is 1.52. The second kappa shape index (κ2) is 6.95. The van der Waals surface area contributed by atoms with Gasteiger partial charge in [-0.25, -0.2) is 0 Å². The van der Waals surface area contributed by atoms with Crippen molar-refractivity contribution in [3.63, 3.8) is 0 Å². The Kier molecular flexibility index (Phi) is 6.53. The van der Waals surface area contributed by atoms with Crippen LogP contribution >= 0.6 is 8.03 Å². The van der Waals surface area contributed by atoms with Gasteiger partial charge in [-0.05, 0) is 24.0 Å². The van der Waals surface area contributed by atoms with E-state index in [-0.39, 0.29) is 12.4 Å². The van der Waals surface area contributed by atoms with Crippen molar-refractivity contribution in [3.05, 3.63) is 11.9 Å². The first-order valence-corrected chi connectivity index (χ1v) is 4.92. The van der Waals surface area contributed by atoms with Gasteiger partial charge in [0.15, 0.2) is 5.82 Å². The minimum absolute atomic E-state index is 0.257. The molecule has 5 heteroatoms. The number of allylic oxidation sites excluding steroid dienone is 1. The van der Waals surface area contributed by atoms with Crippen molar-refractivity contribution >= 4 is 14.0 Å². The third kappa shape index (κ3) is 7.38. The molecule has 12 heavy (non-hydrogen) atoms. The molecular weight excluding hydrogens is 179 g/mol. The monoisotopic (exact) mass is 191 g/mol. The van der Waals surface area contributed by atoms with Crippen LogP contribution in [-0.4, -0.2) is 17.5 Å². The Hall–Kier alpha value is -0.730. The normalized spacial score (nSPS) is 11.7. The maximum Gasteiger partial charge on any atom is 0.537 e. The molecule has 0 heterocycles. The Labute approximate surface area is 72.1 Å². The summed E-state index contributed by atoms with van der Waals surface area (Å²) in [7, 11) is -2.22. The first-order valence-electron chi connectivity index (χ1n) is 3.64. The fraction of sp³-hybridized carbons (Fsp3) is 0.571. The quantitative estimate of drug-likeness (QED) is 0.529. The molecular formula is C7H12O4P+. The molecule has 0 saturated carbocycles. The fourth-order valence-electron chi connectivity index (χ4n) is 0.599. The lowest BCUT2D eigenvalue weighted by atomic mass is 10.3. The molecule has 4 nitrogen and oxygen atoms in total. The lowest BCUT2D eigenvalue weighted by molar-refractivity contribution is -0.142. The van der Waals surface area contributed by atoms with Gasteiger partial charge in [0.2, 0.25) is 0 Å². The molecule has 0 amide bonds. The van der Waals surface area contributed by atoms with Gasteiger partial charge in [0, 0.05) is 6.42 Å². The minimum Gasteiger partial charge on any atom is -0.466 e. The van der Waals surface area contributed by atoms with Gasteiger partial charge in [-0.1, -0.05) is 0 Å². The predicted octanol–water partition coefficient (Wildman–Crippen LogP) is 1.58. The maximum absolute atomic E-state index is 10.7. The average molecular weight is 191 g/mol. The minimum atomic E-state index is -2.22. The van der Waals surface area contributed by atoms with E-state index >= 15 is 0 Å². The largest absolute Gasteiger partial charge is 0.537 e. The summed E-state index contributed by atoms with van der Waals surface area (Å²) < 4.78 is 14.8. The highest BCUT2D eigenvalue weighted by Gasteiger charge is 2.02. The van der Waals surface area contributed by atoms with Crippen molar-refractivity contribution in [1.29, 1.82) is 0 Å². The summed E-state index contributed by atoms with van der Waals surface area (Å²) in [5.74, 6) is 0.879. The molecule has 0 spiro atoms. The van der Waals surface area contributed by atoms with E-state index in [9.17, 15) is 9.36 Å². The highest BCUT2D eigenvalue weighted by Crippen LogP contribution is 2.14. The summed E-state index contributed by atoms with van der Waals surface area (Å²) in [5.41, 5.74) is 0. The molecule has 1 N–H and O–H groups in total. The smallest absolute Gasteiger partial charge is 0.466 e. The molecule has 0 aromatic rings. The van der Waals surface area contributed by atoms with Gasteiger partial charge in [-0.2, -0.15) is 4.89 Å². The van der Waals surface area contributed by atoms with Gasteiger partial charge >= 0.3 is 14.0 Å². The number of hydrogen-bond donors (Lipinski definition) is 1. The zero-order valence-corrected chi connectivity index (χ0v) is 7.79. The third-order valence-electron chi connectivity index (χ3n) is 1.05. The van der Waals surface area contributed by atoms with Crippen LogP contribution in [-0.2, 0) is 14.1 Å². The average Bonchev–Trinajstić information content (AvgIpc) is 1.98. The topological polar surface area (TPSA) is 63.6 Å². The molecule has 0 aliphatic heterocycles. The van der Waals surface area contributed by atoms with Crippen LogP contribution < -0.4 is 0 Å². The molecule has 0 aliphatic rings. The zero-order chi connectivity index (χ0) is 9.40. The standard InChI is InChI=1S/C7H11O4P/c1-2-11-7(8)5-3-4-6-12(9)10/h4,6H,2-3,5H2,1H3/p+1. The van der Waals surface area contributed by atoms with E-state index in [4.69, 9.17) is 4.89 Å². The van der Waals surface area contributed by atoms with Gasteiger partial charge in [-0.3, -0.25) is 4.79 Å². The highest BCUT2D eigenvalue weighted by atomic mass is 31.1. The highest BCUT2D eigenvalue weighted by molar-refractivity contribution is 7.41. The van der Waals surface area contributed by atoms with Crippen LogP contribution in [0.5, 0.6) is 0 Å². The van der Waals surface area contributed by atoms with Crippen molar-refractivity contribution in [2.75, 3.05) is 6.61 Å². The van der Waals surface area contributed by atoms with Crippen LogP contribution in [0.3, 0.4) is 0 Å². The van der Waals surface area contributed by atoms with Crippen molar-refractivity contribution in [1.82, 2.24) is 0 Å². The SMILES string of the molecule is CCOC(=O)CCC=C[P+](=O)O.